The van der Waals surface area contributed by atoms with Crippen molar-refractivity contribution in [3.8, 4) is 0 Å². The standard InChI is InChI=1S/C54H86O25/c1-49(2)11-13-54(48(71)79-47-42(38(68)34(64)28(20-58)75-47)77-45-40(70)36(66)32(62)26(18-56)73-45)14-12-52(5)22(23(54)15-49)7-8-30-50(3)16-24(60)43(51(4,21-59)29(50)9-10-53(30,52)6)78-46-41(37(67)33(63)27(19-57)74-46)76-44-39(69)35(65)31(61)25(17-55)72-44/h7,21,23-47,55-58,60-70H,8-20H2,1-6H3/t23-,24-,25+,26+,27+,28+,29+,30+,31+,32+,33+,34+,35-,36-,37-,38-,39+,40+,41+,42+,43-,44-,45-,46-,47-,50-,51-,52+,53+,54-/m0/s1. The lowest BCUT2D eigenvalue weighted by Gasteiger charge is -2.71. The molecule has 8 fully saturated rings. The highest BCUT2D eigenvalue weighted by Gasteiger charge is 2.72. The summed E-state index contributed by atoms with van der Waals surface area (Å²) >= 11 is 0. The molecule has 25 heteroatoms. The fourth-order valence-corrected chi connectivity index (χ4v) is 16.5. The molecule has 0 amide bonds. The van der Waals surface area contributed by atoms with Crippen molar-refractivity contribution in [1.82, 2.24) is 0 Å². The molecule has 4 saturated heterocycles. The summed E-state index contributed by atoms with van der Waals surface area (Å²) in [7, 11) is 0. The molecule has 30 atom stereocenters. The van der Waals surface area contributed by atoms with Crippen LogP contribution >= 0.6 is 0 Å². The number of aldehydes is 1. The van der Waals surface area contributed by atoms with Gasteiger partial charge in [-0.2, -0.15) is 0 Å². The van der Waals surface area contributed by atoms with Gasteiger partial charge in [-0.05, 0) is 97.2 Å². The predicted molar refractivity (Wildman–Crippen MR) is 265 cm³/mol. The third-order valence-corrected chi connectivity index (χ3v) is 21.4. The number of carbonyl (C=O) groups excluding carboxylic acids is 2. The Labute approximate surface area is 457 Å². The van der Waals surface area contributed by atoms with Crippen molar-refractivity contribution in [2.75, 3.05) is 26.4 Å². The molecule has 9 aliphatic rings. The molecule has 0 bridgehead atoms. The van der Waals surface area contributed by atoms with Gasteiger partial charge in [0.05, 0.1) is 49.5 Å². The Morgan fingerprint density at radius 1 is 0.557 bits per heavy atom. The minimum absolute atomic E-state index is 0.126. The van der Waals surface area contributed by atoms with E-state index in [-0.39, 0.29) is 23.7 Å². The highest BCUT2D eigenvalue weighted by Crippen LogP contribution is 2.76. The van der Waals surface area contributed by atoms with Crippen molar-refractivity contribution in [2.24, 2.45) is 50.2 Å². The molecule has 4 saturated carbocycles. The predicted octanol–water partition coefficient (Wildman–Crippen LogP) is -3.89. The zero-order valence-corrected chi connectivity index (χ0v) is 45.6. The lowest BCUT2D eigenvalue weighted by atomic mass is 9.33. The number of hydrogen-bond acceptors (Lipinski definition) is 25. The van der Waals surface area contributed by atoms with Crippen molar-refractivity contribution in [1.29, 1.82) is 0 Å². The van der Waals surface area contributed by atoms with Gasteiger partial charge in [-0.1, -0.05) is 53.2 Å². The van der Waals surface area contributed by atoms with Crippen LogP contribution in [-0.4, -0.2) is 250 Å². The molecule has 0 spiro atoms. The third kappa shape index (κ3) is 9.90. The van der Waals surface area contributed by atoms with E-state index in [1.54, 1.807) is 6.92 Å². The summed E-state index contributed by atoms with van der Waals surface area (Å²) in [5, 5.41) is 161. The zero-order chi connectivity index (χ0) is 57.9. The highest BCUT2D eigenvalue weighted by molar-refractivity contribution is 5.79. The van der Waals surface area contributed by atoms with Crippen LogP contribution in [0.4, 0.5) is 0 Å². The summed E-state index contributed by atoms with van der Waals surface area (Å²) in [6.45, 7) is 9.37. The molecule has 9 rings (SSSR count). The van der Waals surface area contributed by atoms with Crippen molar-refractivity contribution >= 4 is 12.3 Å². The Morgan fingerprint density at radius 2 is 1.03 bits per heavy atom. The number of rotatable bonds is 13. The van der Waals surface area contributed by atoms with Crippen LogP contribution in [-0.2, 0) is 47.5 Å². The van der Waals surface area contributed by atoms with Crippen LogP contribution in [0.2, 0.25) is 0 Å². The molecule has 4 aliphatic heterocycles. The quantitative estimate of drug-likeness (QED) is 0.0363. The van der Waals surface area contributed by atoms with E-state index in [0.29, 0.717) is 51.4 Å². The van der Waals surface area contributed by atoms with Gasteiger partial charge in [0.2, 0.25) is 6.29 Å². The van der Waals surface area contributed by atoms with Crippen molar-refractivity contribution in [2.45, 2.75) is 234 Å². The van der Waals surface area contributed by atoms with Crippen LogP contribution in [0.15, 0.2) is 11.6 Å². The summed E-state index contributed by atoms with van der Waals surface area (Å²) < 4.78 is 47.7. The fourth-order valence-electron chi connectivity index (χ4n) is 16.5. The number of ether oxygens (including phenoxy) is 8. The van der Waals surface area contributed by atoms with Crippen molar-refractivity contribution in [3.05, 3.63) is 11.6 Å². The molecule has 25 nitrogen and oxygen atoms in total. The molecule has 15 N–H and O–H groups in total. The van der Waals surface area contributed by atoms with Gasteiger partial charge < -0.3 is 119 Å². The summed E-state index contributed by atoms with van der Waals surface area (Å²) in [4.78, 5) is 29.2. The summed E-state index contributed by atoms with van der Waals surface area (Å²) in [5.41, 5.74) is -3.55. The average molecular weight is 1140 g/mol. The van der Waals surface area contributed by atoms with Crippen LogP contribution < -0.4 is 0 Å². The first-order valence-corrected chi connectivity index (χ1v) is 27.9. The second kappa shape index (κ2) is 22.4. The second-order valence-corrected chi connectivity index (χ2v) is 26.1. The van der Waals surface area contributed by atoms with E-state index in [4.69, 9.17) is 37.9 Å². The Morgan fingerprint density at radius 3 is 1.53 bits per heavy atom. The van der Waals surface area contributed by atoms with Gasteiger partial charge in [0.25, 0.3) is 0 Å². The summed E-state index contributed by atoms with van der Waals surface area (Å²) in [6, 6.07) is 0. The molecule has 79 heavy (non-hydrogen) atoms. The van der Waals surface area contributed by atoms with Crippen LogP contribution in [0.3, 0.4) is 0 Å². The van der Waals surface area contributed by atoms with E-state index in [1.165, 1.54) is 0 Å². The zero-order valence-electron chi connectivity index (χ0n) is 45.6. The van der Waals surface area contributed by atoms with E-state index < -0.39 is 200 Å². The van der Waals surface area contributed by atoms with Crippen LogP contribution in [0.5, 0.6) is 0 Å². The third-order valence-electron chi connectivity index (χ3n) is 21.4. The number of aliphatic hydroxyl groups excluding tert-OH is 15. The second-order valence-electron chi connectivity index (χ2n) is 26.1. The van der Waals surface area contributed by atoms with Crippen LogP contribution in [0.1, 0.15) is 99.3 Å². The molecule has 0 unspecified atom stereocenters. The smallest absolute Gasteiger partial charge is 0.315 e. The van der Waals surface area contributed by atoms with E-state index in [9.17, 15) is 81.4 Å². The molecule has 0 radical (unpaired) electrons. The van der Waals surface area contributed by atoms with E-state index in [0.717, 1.165) is 11.9 Å². The van der Waals surface area contributed by atoms with E-state index in [1.807, 2.05) is 0 Å². The molecule has 0 aromatic carbocycles. The Kier molecular flexibility index (Phi) is 17.5. The van der Waals surface area contributed by atoms with Gasteiger partial charge in [0.15, 0.2) is 25.0 Å². The van der Waals surface area contributed by atoms with Crippen molar-refractivity contribution in [3.63, 3.8) is 0 Å². The Bertz CT molecular complexity index is 2200. The molecule has 0 aromatic heterocycles. The molecule has 452 valence electrons. The van der Waals surface area contributed by atoms with Gasteiger partial charge in [0.1, 0.15) is 97.8 Å². The average Bonchev–Trinajstić information content (AvgIpc) is 2.79. The largest absolute Gasteiger partial charge is 0.432 e. The number of fused-ring (bicyclic) bond motifs is 7. The van der Waals surface area contributed by atoms with Crippen molar-refractivity contribution < 1.29 is 124 Å². The van der Waals surface area contributed by atoms with E-state index in [2.05, 4.69) is 40.7 Å². The number of allylic oxidation sites excluding steroid dienone is 2. The lowest BCUT2D eigenvalue weighted by molar-refractivity contribution is -0.381. The summed E-state index contributed by atoms with van der Waals surface area (Å²) in [6.07, 6.45) is -30.2. The monoisotopic (exact) mass is 1130 g/mol. The maximum Gasteiger partial charge on any atom is 0.315 e. The van der Waals surface area contributed by atoms with Crippen LogP contribution in [0.25, 0.3) is 0 Å². The first-order chi connectivity index (χ1) is 37.1. The summed E-state index contributed by atoms with van der Waals surface area (Å²) in [5.74, 6) is -1.65. The number of carbonyl (C=O) groups is 2. The SMILES string of the molecule is CC1(C)CC[C@]2(C(=O)O[C@@H]3O[C@H](CO)[C@@H](O)[C@H](O)[C@H]3O[C@@H]3O[C@H](CO)[C@@H](O)[C@H](O)[C@H]3O)CC[C@]3(C)C(=CC[C@@H]4[C@@]5(C)C[C@H](O)[C@H](O[C@@H]6O[C@H](CO)[C@@H](O)[C@H](O)[C@H]6O[C@@H]6O[C@H](CO)[C@@H](O)[C@H](O)[C@H]6O)[C@@](C)(C=O)[C@@H]5CC[C@]43C)[C@@H]2C1. The first kappa shape index (κ1) is 61.6. The maximum absolute atomic E-state index is 15.3. The van der Waals surface area contributed by atoms with Gasteiger partial charge in [-0.25, -0.2) is 0 Å². The molecular weight excluding hydrogens is 1050 g/mol. The van der Waals surface area contributed by atoms with Gasteiger partial charge in [-0.15, -0.1) is 0 Å². The molecule has 0 aromatic rings. The molecular formula is C54H86O25. The molecule has 4 heterocycles. The Balaban J connectivity index is 0.991. The minimum atomic E-state index is -1.92. The van der Waals surface area contributed by atoms with Gasteiger partial charge in [-0.3, -0.25) is 4.79 Å². The number of aliphatic hydroxyl groups is 15. The minimum Gasteiger partial charge on any atom is -0.432 e. The first-order valence-electron chi connectivity index (χ1n) is 27.9. The number of hydrogen-bond donors (Lipinski definition) is 15. The van der Waals surface area contributed by atoms with Crippen LogP contribution in [0, 0.1) is 50.2 Å². The van der Waals surface area contributed by atoms with E-state index >= 15 is 4.79 Å². The van der Waals surface area contributed by atoms with Gasteiger partial charge in [0, 0.05) is 0 Å². The normalized spacial score (nSPS) is 54.5. The van der Waals surface area contributed by atoms with Gasteiger partial charge >= 0.3 is 5.97 Å². The lowest BCUT2D eigenvalue weighted by Crippen LogP contribution is -2.70. The molecule has 5 aliphatic carbocycles. The number of esters is 1. The fraction of sp³-hybridized carbons (Fsp3) is 0.926. The maximum atomic E-state index is 15.3. The highest BCUT2D eigenvalue weighted by atomic mass is 16.8. The topological polar surface area (TPSA) is 411 Å². The Hall–Kier alpha value is -2.00.